The van der Waals surface area contributed by atoms with Gasteiger partial charge < -0.3 is 4.90 Å². The highest BCUT2D eigenvalue weighted by atomic mass is 32.2. The van der Waals surface area contributed by atoms with Crippen LogP contribution in [0.5, 0.6) is 0 Å². The molecule has 2 aliphatic rings. The molecule has 4 rings (SSSR count). The van der Waals surface area contributed by atoms with Gasteiger partial charge in [0.2, 0.25) is 5.91 Å². The molecule has 0 radical (unpaired) electrons. The molecule has 144 valence electrons. The fourth-order valence-electron chi connectivity index (χ4n) is 4.18. The van der Waals surface area contributed by atoms with Crippen LogP contribution in [0.2, 0.25) is 0 Å². The Balaban J connectivity index is 1.47. The molecule has 1 saturated carbocycles. The molecule has 1 spiro atoms. The lowest BCUT2D eigenvalue weighted by Gasteiger charge is -2.44. The highest BCUT2D eigenvalue weighted by Crippen LogP contribution is 2.38. The Morgan fingerprint density at radius 3 is 2.59 bits per heavy atom. The lowest BCUT2D eigenvalue weighted by atomic mass is 9.87. The maximum Gasteiger partial charge on any atom is 0.228 e. The molecule has 2 aromatic rings. The van der Waals surface area contributed by atoms with Crippen molar-refractivity contribution >= 4 is 15.7 Å². The van der Waals surface area contributed by atoms with Gasteiger partial charge in [-0.3, -0.25) is 4.79 Å². The number of hydrogen-bond acceptors (Lipinski definition) is 5. The maximum absolute atomic E-state index is 12.8. The van der Waals surface area contributed by atoms with Gasteiger partial charge in [-0.2, -0.15) is 15.0 Å². The molecule has 8 heteroatoms. The summed E-state index contributed by atoms with van der Waals surface area (Å²) in [7, 11) is -3.14. The zero-order valence-corrected chi connectivity index (χ0v) is 16.1. The number of sulfone groups is 1. The summed E-state index contributed by atoms with van der Waals surface area (Å²) in [4.78, 5) is 16.0. The highest BCUT2D eigenvalue weighted by molar-refractivity contribution is 7.92. The van der Waals surface area contributed by atoms with E-state index >= 15 is 0 Å². The molecular weight excluding hydrogens is 364 g/mol. The molecule has 2 fully saturated rings. The largest absolute Gasteiger partial charge is 0.340 e. The van der Waals surface area contributed by atoms with Crippen LogP contribution in [-0.2, 0) is 21.1 Å². The van der Waals surface area contributed by atoms with Gasteiger partial charge in [0.15, 0.2) is 9.84 Å². The Labute approximate surface area is 159 Å². The standard InChI is InChI=1S/C19H24N4O3S/c24-18(13-16-14-20-23(21-16)17-7-3-1-4-8-17)22-11-12-27(25,26)19(15-22)9-5-2-6-10-19/h1,3-4,7-8,14H,2,5-6,9-13,15H2. The smallest absolute Gasteiger partial charge is 0.228 e. The number of carbonyl (C=O) groups excluding carboxylic acids is 1. The first kappa shape index (κ1) is 18.2. The van der Waals surface area contributed by atoms with E-state index in [-0.39, 0.29) is 24.6 Å². The maximum atomic E-state index is 12.8. The van der Waals surface area contributed by atoms with Crippen molar-refractivity contribution in [2.75, 3.05) is 18.8 Å². The average molecular weight is 388 g/mol. The molecule has 1 amide bonds. The topological polar surface area (TPSA) is 85.2 Å². The number of rotatable bonds is 3. The van der Waals surface area contributed by atoms with Gasteiger partial charge in [0, 0.05) is 13.1 Å². The van der Waals surface area contributed by atoms with Crippen LogP contribution in [0.3, 0.4) is 0 Å². The van der Waals surface area contributed by atoms with Crippen molar-refractivity contribution in [2.24, 2.45) is 0 Å². The van der Waals surface area contributed by atoms with Gasteiger partial charge in [-0.05, 0) is 25.0 Å². The van der Waals surface area contributed by atoms with Gasteiger partial charge >= 0.3 is 0 Å². The van der Waals surface area contributed by atoms with E-state index in [2.05, 4.69) is 10.2 Å². The number of para-hydroxylation sites is 1. The summed E-state index contributed by atoms with van der Waals surface area (Å²) in [5.74, 6) is -0.00918. The second kappa shape index (κ2) is 7.07. The summed E-state index contributed by atoms with van der Waals surface area (Å²) in [5, 5.41) is 8.62. The molecule has 1 aromatic heterocycles. The van der Waals surface area contributed by atoms with E-state index in [1.165, 1.54) is 4.80 Å². The van der Waals surface area contributed by atoms with E-state index in [0.717, 1.165) is 24.9 Å². The monoisotopic (exact) mass is 388 g/mol. The van der Waals surface area contributed by atoms with Crippen LogP contribution in [0.4, 0.5) is 0 Å². The minimum atomic E-state index is -3.14. The third-order valence-corrected chi connectivity index (χ3v) is 8.32. The van der Waals surface area contributed by atoms with Crippen LogP contribution in [0.15, 0.2) is 36.5 Å². The van der Waals surface area contributed by atoms with Gasteiger partial charge in [0.05, 0.1) is 34.5 Å². The van der Waals surface area contributed by atoms with Crippen molar-refractivity contribution < 1.29 is 13.2 Å². The van der Waals surface area contributed by atoms with Crippen LogP contribution in [0.1, 0.15) is 37.8 Å². The van der Waals surface area contributed by atoms with Crippen LogP contribution in [0.25, 0.3) is 5.69 Å². The normalized spacial score (nSPS) is 21.3. The van der Waals surface area contributed by atoms with Crippen LogP contribution in [0, 0.1) is 0 Å². The van der Waals surface area contributed by atoms with E-state index in [4.69, 9.17) is 0 Å². The summed E-state index contributed by atoms with van der Waals surface area (Å²) >= 11 is 0. The molecule has 7 nitrogen and oxygen atoms in total. The Hall–Kier alpha value is -2.22. The van der Waals surface area contributed by atoms with E-state index < -0.39 is 14.6 Å². The van der Waals surface area contributed by atoms with Crippen molar-refractivity contribution in [3.63, 3.8) is 0 Å². The first-order valence-corrected chi connectivity index (χ1v) is 11.1. The molecule has 27 heavy (non-hydrogen) atoms. The van der Waals surface area contributed by atoms with Crippen LogP contribution >= 0.6 is 0 Å². The molecule has 0 unspecified atom stereocenters. The molecule has 2 heterocycles. The van der Waals surface area contributed by atoms with Crippen molar-refractivity contribution in [3.05, 3.63) is 42.2 Å². The fourth-order valence-corrected chi connectivity index (χ4v) is 6.34. The van der Waals surface area contributed by atoms with E-state index in [9.17, 15) is 13.2 Å². The predicted molar refractivity (Wildman–Crippen MR) is 101 cm³/mol. The van der Waals surface area contributed by atoms with E-state index in [0.29, 0.717) is 25.1 Å². The summed E-state index contributed by atoms with van der Waals surface area (Å²) in [6.07, 6.45) is 6.00. The molecular formula is C19H24N4O3S. The zero-order chi connectivity index (χ0) is 18.9. The minimum absolute atomic E-state index is 0.0649. The number of carbonyl (C=O) groups is 1. The van der Waals surface area contributed by atoms with E-state index in [1.807, 2.05) is 30.3 Å². The summed E-state index contributed by atoms with van der Waals surface area (Å²) < 4.78 is 24.6. The lowest BCUT2D eigenvalue weighted by molar-refractivity contribution is -0.131. The van der Waals surface area contributed by atoms with Gasteiger partial charge in [0.25, 0.3) is 0 Å². The quantitative estimate of drug-likeness (QED) is 0.800. The molecule has 1 aromatic carbocycles. The van der Waals surface area contributed by atoms with Gasteiger partial charge in [-0.15, -0.1) is 0 Å². The summed E-state index contributed by atoms with van der Waals surface area (Å²) in [5.41, 5.74) is 1.43. The third kappa shape index (κ3) is 3.50. The van der Waals surface area contributed by atoms with Crippen molar-refractivity contribution in [2.45, 2.75) is 43.3 Å². The number of amides is 1. The Morgan fingerprint density at radius 2 is 1.85 bits per heavy atom. The van der Waals surface area contributed by atoms with Gasteiger partial charge in [-0.25, -0.2) is 8.42 Å². The first-order chi connectivity index (χ1) is 13.0. The summed E-state index contributed by atoms with van der Waals surface area (Å²) in [6.45, 7) is 0.594. The zero-order valence-electron chi connectivity index (χ0n) is 15.2. The van der Waals surface area contributed by atoms with Gasteiger partial charge in [0.1, 0.15) is 0 Å². The second-order valence-electron chi connectivity index (χ2n) is 7.52. The summed E-state index contributed by atoms with van der Waals surface area (Å²) in [6, 6.07) is 9.52. The molecule has 1 aliphatic heterocycles. The Bertz CT molecular complexity index is 917. The van der Waals surface area contributed by atoms with E-state index in [1.54, 1.807) is 11.1 Å². The Morgan fingerprint density at radius 1 is 1.11 bits per heavy atom. The minimum Gasteiger partial charge on any atom is -0.340 e. The van der Waals surface area contributed by atoms with Crippen LogP contribution in [-0.4, -0.2) is 57.8 Å². The molecule has 0 bridgehead atoms. The highest BCUT2D eigenvalue weighted by Gasteiger charge is 2.49. The molecule has 1 saturated heterocycles. The molecule has 1 aliphatic carbocycles. The first-order valence-electron chi connectivity index (χ1n) is 9.46. The fraction of sp³-hybridized carbons (Fsp3) is 0.526. The molecule has 0 N–H and O–H groups in total. The third-order valence-electron chi connectivity index (χ3n) is 5.74. The SMILES string of the molecule is O=C(Cc1cnn(-c2ccccc2)n1)N1CCS(=O)(=O)C2(CCCCC2)C1. The van der Waals surface area contributed by atoms with Crippen molar-refractivity contribution in [1.82, 2.24) is 19.9 Å². The average Bonchev–Trinajstić information content (AvgIpc) is 3.14. The molecule has 0 atom stereocenters. The number of aromatic nitrogens is 3. The number of nitrogens with zero attached hydrogens (tertiary/aromatic N) is 4. The lowest BCUT2D eigenvalue weighted by Crippen LogP contribution is -2.58. The predicted octanol–water partition coefficient (Wildman–Crippen LogP) is 1.77. The van der Waals surface area contributed by atoms with Crippen molar-refractivity contribution in [3.8, 4) is 5.69 Å². The van der Waals surface area contributed by atoms with Gasteiger partial charge in [-0.1, -0.05) is 37.5 Å². The van der Waals surface area contributed by atoms with Crippen LogP contribution < -0.4 is 0 Å². The number of hydrogen-bond donors (Lipinski definition) is 0. The number of benzene rings is 1. The Kier molecular flexibility index (Phi) is 4.75. The van der Waals surface area contributed by atoms with Crippen molar-refractivity contribution in [1.29, 1.82) is 0 Å². The second-order valence-corrected chi connectivity index (χ2v) is 10.0.